The van der Waals surface area contributed by atoms with Crippen LogP contribution in [0, 0.1) is 5.92 Å². The van der Waals surface area contributed by atoms with Crippen LogP contribution in [0.4, 0.5) is 8.78 Å². The number of nitrogens with zero attached hydrogens (tertiary/aromatic N) is 1. The van der Waals surface area contributed by atoms with E-state index in [-0.39, 0.29) is 23.9 Å². The standard InChI is InChI=1S/C16H19F2NO3/c1-9(2)13-12(15(20)21-4)19-14(22-13)10-6-5-7-11(8-10)16(3,17)18/h5-7,9,11H,8H2,1-4H3. The molecule has 1 heterocycles. The molecule has 2 rings (SSSR count). The van der Waals surface area contributed by atoms with Crippen molar-refractivity contribution in [2.45, 2.75) is 39.0 Å². The zero-order valence-electron chi connectivity index (χ0n) is 13.0. The van der Waals surface area contributed by atoms with E-state index in [2.05, 4.69) is 9.72 Å². The fourth-order valence-electron chi connectivity index (χ4n) is 2.29. The summed E-state index contributed by atoms with van der Waals surface area (Å²) in [4.78, 5) is 15.9. The molecule has 4 nitrogen and oxygen atoms in total. The third kappa shape index (κ3) is 3.26. The average Bonchev–Trinajstić information content (AvgIpc) is 2.91. The number of ether oxygens (including phenoxy) is 1. The summed E-state index contributed by atoms with van der Waals surface area (Å²) in [6.07, 6.45) is 4.83. The number of carbonyl (C=O) groups is 1. The highest BCUT2D eigenvalue weighted by atomic mass is 19.3. The molecule has 22 heavy (non-hydrogen) atoms. The van der Waals surface area contributed by atoms with Gasteiger partial charge in [-0.1, -0.05) is 32.1 Å². The molecule has 0 saturated carbocycles. The Kier molecular flexibility index (Phi) is 4.49. The molecule has 1 aromatic rings. The van der Waals surface area contributed by atoms with Crippen LogP contribution in [0.2, 0.25) is 0 Å². The normalized spacial score (nSPS) is 18.5. The molecule has 0 saturated heterocycles. The molecule has 0 bridgehead atoms. The summed E-state index contributed by atoms with van der Waals surface area (Å²) in [5, 5.41) is 0. The van der Waals surface area contributed by atoms with E-state index in [1.807, 2.05) is 13.8 Å². The smallest absolute Gasteiger partial charge is 0.360 e. The van der Waals surface area contributed by atoms with Crippen LogP contribution in [0.15, 0.2) is 22.6 Å². The molecule has 0 amide bonds. The zero-order chi connectivity index (χ0) is 16.5. The number of hydrogen-bond acceptors (Lipinski definition) is 4. The second kappa shape index (κ2) is 6.02. The number of carbonyl (C=O) groups excluding carboxylic acids is 1. The van der Waals surface area contributed by atoms with Gasteiger partial charge >= 0.3 is 5.97 Å². The van der Waals surface area contributed by atoms with Gasteiger partial charge in [0.05, 0.1) is 7.11 Å². The lowest BCUT2D eigenvalue weighted by atomic mass is 9.90. The molecule has 6 heteroatoms. The summed E-state index contributed by atoms with van der Waals surface area (Å²) >= 11 is 0. The van der Waals surface area contributed by atoms with E-state index >= 15 is 0 Å². The van der Waals surface area contributed by atoms with Gasteiger partial charge < -0.3 is 9.15 Å². The lowest BCUT2D eigenvalue weighted by Gasteiger charge is -2.22. The molecule has 1 aliphatic rings. The predicted octanol–water partition coefficient (Wildman–Crippen LogP) is 4.20. The minimum Gasteiger partial charge on any atom is -0.464 e. The predicted molar refractivity (Wildman–Crippen MR) is 77.8 cm³/mol. The van der Waals surface area contributed by atoms with Gasteiger partial charge in [0.2, 0.25) is 5.89 Å². The van der Waals surface area contributed by atoms with Gasteiger partial charge in [0.25, 0.3) is 5.92 Å². The van der Waals surface area contributed by atoms with Crippen LogP contribution in [0.3, 0.4) is 0 Å². The average molecular weight is 311 g/mol. The molecule has 120 valence electrons. The Bertz CT molecular complexity index is 624. The van der Waals surface area contributed by atoms with Gasteiger partial charge in [-0.15, -0.1) is 0 Å². The number of hydrogen-bond donors (Lipinski definition) is 0. The topological polar surface area (TPSA) is 52.3 Å². The second-order valence-electron chi connectivity index (χ2n) is 5.72. The zero-order valence-corrected chi connectivity index (χ0v) is 13.0. The molecular formula is C16H19F2NO3. The highest BCUT2D eigenvalue weighted by Gasteiger charge is 2.35. The number of oxazole rings is 1. The molecular weight excluding hydrogens is 292 g/mol. The Labute approximate surface area is 127 Å². The molecule has 1 atom stereocenters. The molecule has 0 N–H and O–H groups in total. The molecule has 1 aliphatic carbocycles. The van der Waals surface area contributed by atoms with Crippen LogP contribution >= 0.6 is 0 Å². The van der Waals surface area contributed by atoms with Gasteiger partial charge in [-0.25, -0.2) is 18.6 Å². The van der Waals surface area contributed by atoms with Crippen molar-refractivity contribution in [2.24, 2.45) is 5.92 Å². The van der Waals surface area contributed by atoms with Crippen molar-refractivity contribution < 1.29 is 22.7 Å². The number of esters is 1. The van der Waals surface area contributed by atoms with Crippen LogP contribution < -0.4 is 0 Å². The summed E-state index contributed by atoms with van der Waals surface area (Å²) in [7, 11) is 1.26. The van der Waals surface area contributed by atoms with Crippen molar-refractivity contribution in [3.63, 3.8) is 0 Å². The third-order valence-electron chi connectivity index (χ3n) is 3.56. The summed E-state index contributed by atoms with van der Waals surface area (Å²) in [5.74, 6) is -3.81. The van der Waals surface area contributed by atoms with E-state index in [9.17, 15) is 13.6 Å². The number of alkyl halides is 2. The Balaban J connectivity index is 2.36. The maximum absolute atomic E-state index is 13.5. The Morgan fingerprint density at radius 2 is 2.18 bits per heavy atom. The van der Waals surface area contributed by atoms with Crippen LogP contribution in [-0.4, -0.2) is 24.0 Å². The Morgan fingerprint density at radius 1 is 1.50 bits per heavy atom. The first-order valence-electron chi connectivity index (χ1n) is 7.08. The first-order chi connectivity index (χ1) is 10.2. The van der Waals surface area contributed by atoms with E-state index in [1.165, 1.54) is 13.2 Å². The van der Waals surface area contributed by atoms with Crippen LogP contribution in [0.25, 0.3) is 5.57 Å². The molecule has 1 unspecified atom stereocenters. The van der Waals surface area contributed by atoms with Crippen molar-refractivity contribution in [3.05, 3.63) is 35.6 Å². The number of methoxy groups -OCH3 is 1. The first-order valence-corrected chi connectivity index (χ1v) is 7.08. The third-order valence-corrected chi connectivity index (χ3v) is 3.56. The van der Waals surface area contributed by atoms with Crippen LogP contribution in [0.1, 0.15) is 55.2 Å². The van der Waals surface area contributed by atoms with Gasteiger partial charge in [-0.3, -0.25) is 0 Å². The van der Waals surface area contributed by atoms with E-state index in [4.69, 9.17) is 4.42 Å². The summed E-state index contributed by atoms with van der Waals surface area (Å²) in [6.45, 7) is 4.60. The fraction of sp³-hybridized carbons (Fsp3) is 0.500. The van der Waals surface area contributed by atoms with Crippen molar-refractivity contribution in [1.82, 2.24) is 4.98 Å². The lowest BCUT2D eigenvalue weighted by Crippen LogP contribution is -2.23. The van der Waals surface area contributed by atoms with Crippen molar-refractivity contribution in [3.8, 4) is 0 Å². The van der Waals surface area contributed by atoms with E-state index in [0.717, 1.165) is 6.92 Å². The van der Waals surface area contributed by atoms with E-state index in [0.29, 0.717) is 11.3 Å². The molecule has 0 fully saturated rings. The number of aromatic nitrogens is 1. The van der Waals surface area contributed by atoms with Gasteiger partial charge in [0, 0.05) is 17.4 Å². The monoisotopic (exact) mass is 311 g/mol. The first kappa shape index (κ1) is 16.4. The molecule has 0 radical (unpaired) electrons. The maximum Gasteiger partial charge on any atom is 0.360 e. The number of allylic oxidation sites excluding steroid dienone is 4. The highest BCUT2D eigenvalue weighted by Crippen LogP contribution is 2.37. The van der Waals surface area contributed by atoms with Crippen LogP contribution in [0.5, 0.6) is 0 Å². The minimum absolute atomic E-state index is 0.0708. The summed E-state index contributed by atoms with van der Waals surface area (Å²) < 4.78 is 37.3. The summed E-state index contributed by atoms with van der Waals surface area (Å²) in [5.41, 5.74) is 0.647. The Morgan fingerprint density at radius 3 is 2.73 bits per heavy atom. The minimum atomic E-state index is -2.82. The quantitative estimate of drug-likeness (QED) is 0.782. The van der Waals surface area contributed by atoms with Crippen LogP contribution in [-0.2, 0) is 4.74 Å². The van der Waals surface area contributed by atoms with Gasteiger partial charge in [-0.2, -0.15) is 0 Å². The molecule has 0 spiro atoms. The molecule has 1 aromatic heterocycles. The van der Waals surface area contributed by atoms with Crippen molar-refractivity contribution in [2.75, 3.05) is 7.11 Å². The molecule has 0 aliphatic heterocycles. The van der Waals surface area contributed by atoms with Crippen molar-refractivity contribution in [1.29, 1.82) is 0 Å². The SMILES string of the molecule is COC(=O)c1nc(C2=CC=CC(C(C)(F)F)C2)oc1C(C)C. The van der Waals surface area contributed by atoms with Gasteiger partial charge in [-0.05, 0) is 13.3 Å². The number of halogens is 2. The number of rotatable bonds is 4. The molecule has 0 aromatic carbocycles. The summed E-state index contributed by atoms with van der Waals surface area (Å²) in [6, 6.07) is 0. The Hall–Kier alpha value is -1.98. The highest BCUT2D eigenvalue weighted by molar-refractivity contribution is 5.89. The van der Waals surface area contributed by atoms with E-state index < -0.39 is 17.8 Å². The van der Waals surface area contributed by atoms with Gasteiger partial charge in [0.1, 0.15) is 5.76 Å². The largest absolute Gasteiger partial charge is 0.464 e. The lowest BCUT2D eigenvalue weighted by molar-refractivity contribution is -0.0194. The van der Waals surface area contributed by atoms with E-state index in [1.54, 1.807) is 12.2 Å². The van der Waals surface area contributed by atoms with Gasteiger partial charge in [0.15, 0.2) is 5.69 Å². The maximum atomic E-state index is 13.5. The second-order valence-corrected chi connectivity index (χ2v) is 5.72. The fourth-order valence-corrected chi connectivity index (χ4v) is 2.29. The van der Waals surface area contributed by atoms with Crippen molar-refractivity contribution >= 4 is 11.5 Å².